The first-order chi connectivity index (χ1) is 14.5. The van der Waals surface area contributed by atoms with Gasteiger partial charge in [0.1, 0.15) is 11.6 Å². The molecule has 0 saturated carbocycles. The minimum atomic E-state index is -0.599. The van der Waals surface area contributed by atoms with Crippen molar-refractivity contribution in [3.63, 3.8) is 0 Å². The van der Waals surface area contributed by atoms with E-state index in [1.165, 1.54) is 24.3 Å². The third-order valence-corrected chi connectivity index (χ3v) is 4.66. The molecular weight excluding hydrogens is 390 g/mol. The van der Waals surface area contributed by atoms with Crippen LogP contribution in [0, 0.1) is 11.6 Å². The Morgan fingerprint density at radius 1 is 0.967 bits per heavy atom. The first kappa shape index (κ1) is 19.3. The van der Waals surface area contributed by atoms with Crippen LogP contribution in [0.2, 0.25) is 0 Å². The van der Waals surface area contributed by atoms with E-state index in [9.17, 15) is 13.6 Å². The maximum atomic E-state index is 14.8. The Bertz CT molecular complexity index is 1250. The standard InChI is InChI=1S/C21H18F2N6O/c22-16-7-5-12(8-11(16)10-24)26-21(30)27-13-4-6-14(17(23)9-13)15-2-1-3-18-19(15)20(25)29-28-18/h1-9H,10,24H2,(H3,25,28,29)(H2,26,27,30). The number of nitrogens with zero attached hydrogens (tertiary/aromatic N) is 1. The highest BCUT2D eigenvalue weighted by molar-refractivity contribution is 6.02. The fraction of sp³-hybridized carbons (Fsp3) is 0.0476. The van der Waals surface area contributed by atoms with Gasteiger partial charge in [-0.2, -0.15) is 5.10 Å². The van der Waals surface area contributed by atoms with Crippen LogP contribution in [-0.4, -0.2) is 16.2 Å². The molecule has 2 amide bonds. The number of hydrogen-bond donors (Lipinski definition) is 5. The minimum Gasteiger partial charge on any atom is -0.382 e. The van der Waals surface area contributed by atoms with Crippen molar-refractivity contribution in [3.8, 4) is 11.1 Å². The lowest BCUT2D eigenvalue weighted by atomic mass is 10.0. The van der Waals surface area contributed by atoms with Crippen LogP contribution >= 0.6 is 0 Å². The predicted octanol–water partition coefficient (Wildman–Crippen LogP) is 4.19. The number of hydrogen-bond acceptors (Lipinski definition) is 4. The van der Waals surface area contributed by atoms with Gasteiger partial charge in [0.05, 0.1) is 10.9 Å². The number of aromatic amines is 1. The summed E-state index contributed by atoms with van der Waals surface area (Å²) in [5, 5.41) is 12.5. The Labute approximate surface area is 170 Å². The summed E-state index contributed by atoms with van der Waals surface area (Å²) in [5.74, 6) is -0.708. The molecule has 0 saturated heterocycles. The van der Waals surface area contributed by atoms with E-state index in [-0.39, 0.29) is 23.6 Å². The number of nitrogens with two attached hydrogens (primary N) is 2. The number of H-pyrrole nitrogens is 1. The summed E-state index contributed by atoms with van der Waals surface area (Å²) in [4.78, 5) is 12.2. The van der Waals surface area contributed by atoms with Gasteiger partial charge in [-0.25, -0.2) is 13.6 Å². The molecule has 4 rings (SSSR count). The van der Waals surface area contributed by atoms with Gasteiger partial charge in [-0.1, -0.05) is 12.1 Å². The van der Waals surface area contributed by atoms with Gasteiger partial charge in [-0.05, 0) is 48.0 Å². The lowest BCUT2D eigenvalue weighted by molar-refractivity contribution is 0.262. The highest BCUT2D eigenvalue weighted by Gasteiger charge is 2.14. The van der Waals surface area contributed by atoms with Crippen molar-refractivity contribution in [2.24, 2.45) is 5.73 Å². The summed E-state index contributed by atoms with van der Waals surface area (Å²) < 4.78 is 28.3. The number of carbonyl (C=O) groups is 1. The van der Waals surface area contributed by atoms with Crippen molar-refractivity contribution in [1.29, 1.82) is 0 Å². The molecule has 0 aliphatic carbocycles. The van der Waals surface area contributed by atoms with E-state index in [1.54, 1.807) is 30.3 Å². The van der Waals surface area contributed by atoms with Crippen molar-refractivity contribution in [3.05, 3.63) is 71.8 Å². The molecule has 0 atom stereocenters. The van der Waals surface area contributed by atoms with Crippen LogP contribution in [0.4, 0.5) is 30.8 Å². The van der Waals surface area contributed by atoms with Crippen LogP contribution < -0.4 is 22.1 Å². The van der Waals surface area contributed by atoms with Crippen molar-refractivity contribution >= 4 is 34.1 Å². The van der Waals surface area contributed by atoms with Gasteiger partial charge in [-0.15, -0.1) is 0 Å². The monoisotopic (exact) mass is 408 g/mol. The number of amides is 2. The molecule has 7 N–H and O–H groups in total. The highest BCUT2D eigenvalue weighted by atomic mass is 19.1. The number of halogens is 2. The molecule has 4 aromatic rings. The molecule has 0 aliphatic heterocycles. The van der Waals surface area contributed by atoms with Gasteiger partial charge in [0.2, 0.25) is 0 Å². The van der Waals surface area contributed by atoms with Crippen LogP contribution in [0.15, 0.2) is 54.6 Å². The fourth-order valence-electron chi connectivity index (χ4n) is 3.24. The Morgan fingerprint density at radius 3 is 2.43 bits per heavy atom. The zero-order chi connectivity index (χ0) is 21.3. The summed E-state index contributed by atoms with van der Waals surface area (Å²) in [5.41, 5.74) is 13.9. The predicted molar refractivity (Wildman–Crippen MR) is 113 cm³/mol. The Balaban J connectivity index is 1.55. The first-order valence-electron chi connectivity index (χ1n) is 9.05. The zero-order valence-corrected chi connectivity index (χ0v) is 15.7. The van der Waals surface area contributed by atoms with Gasteiger partial charge in [0, 0.05) is 29.0 Å². The maximum Gasteiger partial charge on any atom is 0.323 e. The average molecular weight is 408 g/mol. The second kappa shape index (κ2) is 7.80. The normalized spacial score (nSPS) is 10.9. The molecule has 1 aromatic heterocycles. The van der Waals surface area contributed by atoms with E-state index < -0.39 is 17.7 Å². The van der Waals surface area contributed by atoms with E-state index in [0.29, 0.717) is 27.7 Å². The number of rotatable bonds is 4. The molecule has 0 bridgehead atoms. The van der Waals surface area contributed by atoms with E-state index in [0.717, 1.165) is 0 Å². The Morgan fingerprint density at radius 2 is 1.70 bits per heavy atom. The number of urea groups is 1. The SMILES string of the molecule is NCc1cc(NC(=O)Nc2ccc(-c3cccc4[nH]nc(N)c34)c(F)c2)ccc1F. The summed E-state index contributed by atoms with van der Waals surface area (Å²) in [6.07, 6.45) is 0. The second-order valence-corrected chi connectivity index (χ2v) is 6.62. The molecule has 0 spiro atoms. The zero-order valence-electron chi connectivity index (χ0n) is 15.7. The van der Waals surface area contributed by atoms with Crippen LogP contribution in [0.1, 0.15) is 5.56 Å². The van der Waals surface area contributed by atoms with Gasteiger partial charge in [0.15, 0.2) is 5.82 Å². The molecule has 0 fully saturated rings. The molecule has 1 heterocycles. The summed E-state index contributed by atoms with van der Waals surface area (Å²) >= 11 is 0. The number of nitrogens with one attached hydrogen (secondary N) is 3. The van der Waals surface area contributed by atoms with Crippen molar-refractivity contribution < 1.29 is 13.6 Å². The Hall–Kier alpha value is -3.98. The molecule has 152 valence electrons. The van der Waals surface area contributed by atoms with Crippen molar-refractivity contribution in [1.82, 2.24) is 10.2 Å². The third kappa shape index (κ3) is 3.65. The first-order valence-corrected chi connectivity index (χ1v) is 9.05. The van der Waals surface area contributed by atoms with Crippen molar-refractivity contribution in [2.75, 3.05) is 16.4 Å². The van der Waals surface area contributed by atoms with E-state index in [1.807, 2.05) is 0 Å². The summed E-state index contributed by atoms with van der Waals surface area (Å²) in [6.45, 7) is 0.00355. The minimum absolute atomic E-state index is 0.00355. The molecule has 0 unspecified atom stereocenters. The van der Waals surface area contributed by atoms with Crippen LogP contribution in [0.25, 0.3) is 22.0 Å². The molecule has 30 heavy (non-hydrogen) atoms. The van der Waals surface area contributed by atoms with Crippen LogP contribution in [0.5, 0.6) is 0 Å². The fourth-order valence-corrected chi connectivity index (χ4v) is 3.24. The number of benzene rings is 3. The molecule has 0 radical (unpaired) electrons. The van der Waals surface area contributed by atoms with E-state index in [2.05, 4.69) is 20.8 Å². The topological polar surface area (TPSA) is 122 Å². The third-order valence-electron chi connectivity index (χ3n) is 4.66. The maximum absolute atomic E-state index is 14.8. The average Bonchev–Trinajstić information content (AvgIpc) is 3.11. The molecule has 0 aliphatic rings. The van der Waals surface area contributed by atoms with Gasteiger partial charge in [-0.3, -0.25) is 5.10 Å². The lowest BCUT2D eigenvalue weighted by Gasteiger charge is -2.11. The summed E-state index contributed by atoms with van der Waals surface area (Å²) in [7, 11) is 0. The van der Waals surface area contributed by atoms with Gasteiger partial charge < -0.3 is 22.1 Å². The van der Waals surface area contributed by atoms with E-state index >= 15 is 0 Å². The smallest absolute Gasteiger partial charge is 0.323 e. The number of anilines is 3. The van der Waals surface area contributed by atoms with Gasteiger partial charge in [0.25, 0.3) is 0 Å². The lowest BCUT2D eigenvalue weighted by Crippen LogP contribution is -2.19. The number of nitrogen functional groups attached to an aromatic ring is 1. The second-order valence-electron chi connectivity index (χ2n) is 6.62. The molecule has 3 aromatic carbocycles. The number of carbonyl (C=O) groups excluding carboxylic acids is 1. The summed E-state index contributed by atoms with van der Waals surface area (Å²) in [6, 6.07) is 13.1. The van der Waals surface area contributed by atoms with Crippen LogP contribution in [0.3, 0.4) is 0 Å². The quantitative estimate of drug-likeness (QED) is 0.347. The number of aromatic nitrogens is 2. The highest BCUT2D eigenvalue weighted by Crippen LogP contribution is 2.33. The van der Waals surface area contributed by atoms with Gasteiger partial charge >= 0.3 is 6.03 Å². The molecular formula is C21H18F2N6O. The Kier molecular flexibility index (Phi) is 5.03. The molecule has 7 nitrogen and oxygen atoms in total. The van der Waals surface area contributed by atoms with Crippen LogP contribution in [-0.2, 0) is 6.54 Å². The number of fused-ring (bicyclic) bond motifs is 1. The van der Waals surface area contributed by atoms with E-state index in [4.69, 9.17) is 11.5 Å². The largest absolute Gasteiger partial charge is 0.382 e. The molecule has 9 heteroatoms. The van der Waals surface area contributed by atoms with Crippen molar-refractivity contribution in [2.45, 2.75) is 6.54 Å².